The van der Waals surface area contributed by atoms with E-state index in [1.54, 1.807) is 4.98 Å². The van der Waals surface area contributed by atoms with Crippen molar-refractivity contribution >= 4 is 11.9 Å². The first kappa shape index (κ1) is 14.9. The van der Waals surface area contributed by atoms with E-state index in [4.69, 9.17) is 5.11 Å². The standard InChI is InChI=1S/C12H14FN3O5/c13-7-4-16(12(21)15-10(7)18)5-8(11(19)20)14-9(17)6-2-1-3-6/h4,6,8H,1-3,5H2,(H,14,17)(H,19,20)(H,15,18,21)/t8-/m0/s1. The maximum atomic E-state index is 13.1. The van der Waals surface area contributed by atoms with E-state index >= 15 is 0 Å². The maximum Gasteiger partial charge on any atom is 0.328 e. The molecule has 1 amide bonds. The number of carboxylic acids is 1. The number of hydrogen-bond donors (Lipinski definition) is 3. The second-order valence-corrected chi connectivity index (χ2v) is 4.92. The van der Waals surface area contributed by atoms with Crippen molar-refractivity contribution in [1.29, 1.82) is 0 Å². The molecule has 1 aromatic rings. The zero-order valence-corrected chi connectivity index (χ0v) is 11.0. The molecule has 1 aromatic heterocycles. The summed E-state index contributed by atoms with van der Waals surface area (Å²) < 4.78 is 13.8. The van der Waals surface area contributed by atoms with Gasteiger partial charge in [0, 0.05) is 5.92 Å². The fourth-order valence-corrected chi connectivity index (χ4v) is 1.96. The Labute approximate surface area is 117 Å². The molecule has 0 aromatic carbocycles. The summed E-state index contributed by atoms with van der Waals surface area (Å²) >= 11 is 0. The predicted molar refractivity (Wildman–Crippen MR) is 68.2 cm³/mol. The van der Waals surface area contributed by atoms with E-state index in [0.717, 1.165) is 6.42 Å². The quantitative estimate of drug-likeness (QED) is 0.647. The largest absolute Gasteiger partial charge is 0.480 e. The van der Waals surface area contributed by atoms with E-state index in [1.165, 1.54) is 0 Å². The van der Waals surface area contributed by atoms with Crippen LogP contribution < -0.4 is 16.6 Å². The number of aromatic nitrogens is 2. The predicted octanol–water partition coefficient (Wildman–Crippen LogP) is -0.955. The molecule has 0 aliphatic heterocycles. The van der Waals surface area contributed by atoms with Crippen LogP contribution in [0.1, 0.15) is 19.3 Å². The third-order valence-corrected chi connectivity index (χ3v) is 3.44. The van der Waals surface area contributed by atoms with E-state index < -0.39 is 41.5 Å². The molecule has 0 unspecified atom stereocenters. The molecule has 8 nitrogen and oxygen atoms in total. The number of carboxylic acid groups (broad SMARTS) is 1. The molecule has 114 valence electrons. The molecule has 3 N–H and O–H groups in total. The van der Waals surface area contributed by atoms with Crippen LogP contribution in [-0.2, 0) is 16.1 Å². The molecule has 0 bridgehead atoms. The number of carbonyl (C=O) groups is 2. The van der Waals surface area contributed by atoms with Crippen molar-refractivity contribution in [3.8, 4) is 0 Å². The van der Waals surface area contributed by atoms with Crippen LogP contribution >= 0.6 is 0 Å². The third kappa shape index (κ3) is 3.36. The summed E-state index contributed by atoms with van der Waals surface area (Å²) in [5.74, 6) is -3.16. The van der Waals surface area contributed by atoms with Crippen LogP contribution in [0.4, 0.5) is 4.39 Å². The second-order valence-electron chi connectivity index (χ2n) is 4.92. The van der Waals surface area contributed by atoms with Gasteiger partial charge in [-0.2, -0.15) is 4.39 Å². The number of hydrogen-bond acceptors (Lipinski definition) is 4. The van der Waals surface area contributed by atoms with Crippen LogP contribution in [0.2, 0.25) is 0 Å². The molecule has 9 heteroatoms. The molecular formula is C12H14FN3O5. The summed E-state index contributed by atoms with van der Waals surface area (Å²) in [6.45, 7) is -0.472. The Morgan fingerprint density at radius 2 is 2.14 bits per heavy atom. The normalized spacial score (nSPS) is 16.0. The Morgan fingerprint density at radius 3 is 2.67 bits per heavy atom. The van der Waals surface area contributed by atoms with E-state index in [1.807, 2.05) is 0 Å². The van der Waals surface area contributed by atoms with Crippen LogP contribution in [0.5, 0.6) is 0 Å². The van der Waals surface area contributed by atoms with Gasteiger partial charge < -0.3 is 10.4 Å². The Balaban J connectivity index is 2.14. The van der Waals surface area contributed by atoms with E-state index in [9.17, 15) is 23.6 Å². The van der Waals surface area contributed by atoms with Gasteiger partial charge in [0.2, 0.25) is 11.7 Å². The topological polar surface area (TPSA) is 121 Å². The van der Waals surface area contributed by atoms with Gasteiger partial charge in [0.15, 0.2) is 0 Å². The highest BCUT2D eigenvalue weighted by atomic mass is 19.1. The van der Waals surface area contributed by atoms with Crippen molar-refractivity contribution in [2.24, 2.45) is 5.92 Å². The van der Waals surface area contributed by atoms with Crippen LogP contribution in [0.15, 0.2) is 15.8 Å². The highest BCUT2D eigenvalue weighted by molar-refractivity contribution is 5.85. The molecular weight excluding hydrogens is 285 g/mol. The molecule has 1 aliphatic carbocycles. The Hall–Kier alpha value is -2.45. The fraction of sp³-hybridized carbons (Fsp3) is 0.500. The van der Waals surface area contributed by atoms with Gasteiger partial charge in [-0.3, -0.25) is 19.1 Å². The Bertz CT molecular complexity index is 676. The van der Waals surface area contributed by atoms with Gasteiger partial charge in [0.25, 0.3) is 5.56 Å². The molecule has 0 saturated heterocycles. The lowest BCUT2D eigenvalue weighted by atomic mass is 9.84. The summed E-state index contributed by atoms with van der Waals surface area (Å²) in [6, 6.07) is -1.37. The average Bonchev–Trinajstić information content (AvgIpc) is 2.32. The lowest BCUT2D eigenvalue weighted by Crippen LogP contribution is -2.49. The SMILES string of the molecule is O=C(N[C@@H](Cn1cc(F)c(=O)[nH]c1=O)C(=O)O)C1CCC1. The maximum absolute atomic E-state index is 13.1. The molecule has 1 heterocycles. The van der Waals surface area contributed by atoms with Crippen molar-refractivity contribution in [3.63, 3.8) is 0 Å². The molecule has 2 rings (SSSR count). The lowest BCUT2D eigenvalue weighted by Gasteiger charge is -2.26. The first-order chi connectivity index (χ1) is 9.88. The van der Waals surface area contributed by atoms with Crippen LogP contribution in [0, 0.1) is 11.7 Å². The van der Waals surface area contributed by atoms with Gasteiger partial charge >= 0.3 is 11.7 Å². The number of H-pyrrole nitrogens is 1. The molecule has 0 radical (unpaired) electrons. The smallest absolute Gasteiger partial charge is 0.328 e. The van der Waals surface area contributed by atoms with E-state index in [2.05, 4.69) is 5.32 Å². The van der Waals surface area contributed by atoms with Crippen molar-refractivity contribution in [3.05, 3.63) is 32.9 Å². The third-order valence-electron chi connectivity index (χ3n) is 3.44. The minimum Gasteiger partial charge on any atom is -0.480 e. The number of carbonyl (C=O) groups excluding carboxylic acids is 1. The molecule has 1 saturated carbocycles. The Morgan fingerprint density at radius 1 is 1.48 bits per heavy atom. The second kappa shape index (κ2) is 5.90. The van der Waals surface area contributed by atoms with Crippen LogP contribution in [0.25, 0.3) is 0 Å². The van der Waals surface area contributed by atoms with Crippen molar-refractivity contribution in [2.45, 2.75) is 31.8 Å². The number of rotatable bonds is 5. The zero-order chi connectivity index (χ0) is 15.6. The van der Waals surface area contributed by atoms with Crippen molar-refractivity contribution in [2.75, 3.05) is 0 Å². The number of halogens is 1. The molecule has 21 heavy (non-hydrogen) atoms. The Kier molecular flexibility index (Phi) is 4.20. The van der Waals surface area contributed by atoms with Gasteiger partial charge in [0.05, 0.1) is 12.7 Å². The van der Waals surface area contributed by atoms with Crippen LogP contribution in [-0.4, -0.2) is 32.6 Å². The summed E-state index contributed by atoms with van der Waals surface area (Å²) in [5, 5.41) is 11.4. The van der Waals surface area contributed by atoms with Gasteiger partial charge in [-0.15, -0.1) is 0 Å². The van der Waals surface area contributed by atoms with E-state index in [0.29, 0.717) is 23.6 Å². The number of aliphatic carboxylic acids is 1. The minimum absolute atomic E-state index is 0.212. The van der Waals surface area contributed by atoms with Gasteiger partial charge in [-0.05, 0) is 12.8 Å². The number of aromatic amines is 1. The lowest BCUT2D eigenvalue weighted by molar-refractivity contribution is -0.143. The summed E-state index contributed by atoms with van der Waals surface area (Å²) in [6.07, 6.45) is 2.93. The summed E-state index contributed by atoms with van der Waals surface area (Å²) in [4.78, 5) is 47.0. The van der Waals surface area contributed by atoms with Crippen molar-refractivity contribution in [1.82, 2.24) is 14.9 Å². The fourth-order valence-electron chi connectivity index (χ4n) is 1.96. The van der Waals surface area contributed by atoms with Crippen molar-refractivity contribution < 1.29 is 19.1 Å². The first-order valence-corrected chi connectivity index (χ1v) is 6.41. The zero-order valence-electron chi connectivity index (χ0n) is 11.0. The van der Waals surface area contributed by atoms with E-state index in [-0.39, 0.29) is 5.92 Å². The highest BCUT2D eigenvalue weighted by Gasteiger charge is 2.29. The van der Waals surface area contributed by atoms with Gasteiger partial charge in [-0.1, -0.05) is 6.42 Å². The summed E-state index contributed by atoms with van der Waals surface area (Å²) in [5.41, 5.74) is -2.12. The number of amides is 1. The molecule has 0 spiro atoms. The average molecular weight is 299 g/mol. The number of nitrogens with one attached hydrogen (secondary N) is 2. The molecule has 1 aliphatic rings. The molecule has 1 atom stereocenters. The first-order valence-electron chi connectivity index (χ1n) is 6.41. The van der Waals surface area contributed by atoms with Gasteiger partial charge in [0.1, 0.15) is 6.04 Å². The number of nitrogens with zero attached hydrogens (tertiary/aromatic N) is 1. The summed E-state index contributed by atoms with van der Waals surface area (Å²) in [7, 11) is 0. The minimum atomic E-state index is -1.37. The van der Waals surface area contributed by atoms with Crippen LogP contribution in [0.3, 0.4) is 0 Å². The monoisotopic (exact) mass is 299 g/mol. The highest BCUT2D eigenvalue weighted by Crippen LogP contribution is 2.26. The van der Waals surface area contributed by atoms with Gasteiger partial charge in [-0.25, -0.2) is 9.59 Å². The molecule has 1 fully saturated rings.